The third kappa shape index (κ3) is 2.91. The van der Waals surface area contributed by atoms with Crippen LogP contribution in [0.3, 0.4) is 0 Å². The van der Waals surface area contributed by atoms with Crippen molar-refractivity contribution in [2.24, 2.45) is 11.7 Å². The molecule has 0 bridgehead atoms. The Morgan fingerprint density at radius 1 is 1.37 bits per heavy atom. The van der Waals surface area contributed by atoms with Gasteiger partial charge in [0.25, 0.3) is 0 Å². The molecule has 2 N–H and O–H groups in total. The number of likely N-dealkylation sites (N-methyl/N-ethyl adjacent to an activating group) is 1. The molecule has 3 nitrogen and oxygen atoms in total. The number of rotatable bonds is 4. The van der Waals surface area contributed by atoms with Crippen LogP contribution in [0.4, 0.5) is 5.69 Å². The van der Waals surface area contributed by atoms with E-state index in [2.05, 4.69) is 55.3 Å². The lowest BCUT2D eigenvalue weighted by molar-refractivity contribution is 0.266. The molecule has 0 amide bonds. The van der Waals surface area contributed by atoms with Crippen LogP contribution in [0, 0.1) is 5.92 Å². The summed E-state index contributed by atoms with van der Waals surface area (Å²) in [5.74, 6) is 0.693. The summed E-state index contributed by atoms with van der Waals surface area (Å²) in [7, 11) is 4.35. The van der Waals surface area contributed by atoms with Crippen LogP contribution in [0.2, 0.25) is 0 Å². The number of hydrogen-bond acceptors (Lipinski definition) is 4. The zero-order valence-corrected chi connectivity index (χ0v) is 13.2. The molecule has 1 fully saturated rings. The monoisotopic (exact) mass is 279 g/mol. The number of thioether (sulfide) groups is 1. The number of benzene rings is 1. The van der Waals surface area contributed by atoms with E-state index in [-0.39, 0.29) is 0 Å². The maximum absolute atomic E-state index is 5.97. The van der Waals surface area contributed by atoms with Gasteiger partial charge in [0.1, 0.15) is 0 Å². The van der Waals surface area contributed by atoms with E-state index in [9.17, 15) is 0 Å². The van der Waals surface area contributed by atoms with Gasteiger partial charge < -0.3 is 15.5 Å². The normalized spacial score (nSPS) is 23.4. The number of anilines is 1. The second kappa shape index (κ2) is 6.16. The quantitative estimate of drug-likeness (QED) is 0.857. The van der Waals surface area contributed by atoms with E-state index in [1.165, 1.54) is 16.1 Å². The van der Waals surface area contributed by atoms with E-state index in [1.807, 2.05) is 0 Å². The molecule has 0 aromatic heterocycles. The molecule has 2 rings (SSSR count). The first-order valence-electron chi connectivity index (χ1n) is 6.85. The van der Waals surface area contributed by atoms with Crippen molar-refractivity contribution < 1.29 is 0 Å². The molecule has 4 heteroatoms. The van der Waals surface area contributed by atoms with E-state index in [4.69, 9.17) is 5.73 Å². The predicted octanol–water partition coefficient (Wildman–Crippen LogP) is 2.25. The SMILES string of the molecule is CSc1cccc(N2CC(C)C(N(C)C)C2)c1CN. The molecular formula is C15H25N3S. The highest BCUT2D eigenvalue weighted by Crippen LogP contribution is 2.33. The van der Waals surface area contributed by atoms with Crippen molar-refractivity contribution in [2.75, 3.05) is 38.3 Å². The fourth-order valence-corrected chi connectivity index (χ4v) is 3.71. The highest BCUT2D eigenvalue weighted by molar-refractivity contribution is 7.98. The molecule has 1 aliphatic rings. The van der Waals surface area contributed by atoms with Crippen LogP contribution in [-0.2, 0) is 6.54 Å². The average Bonchev–Trinajstić information content (AvgIpc) is 2.79. The number of hydrogen-bond donors (Lipinski definition) is 1. The Morgan fingerprint density at radius 3 is 2.63 bits per heavy atom. The summed E-state index contributed by atoms with van der Waals surface area (Å²) in [5.41, 5.74) is 8.59. The first-order valence-corrected chi connectivity index (χ1v) is 8.08. The summed E-state index contributed by atoms with van der Waals surface area (Å²) in [6.45, 7) is 5.17. The molecule has 2 atom stereocenters. The molecule has 1 saturated heterocycles. The Hall–Kier alpha value is -0.710. The lowest BCUT2D eigenvalue weighted by atomic mass is 10.1. The van der Waals surface area contributed by atoms with E-state index in [0.717, 1.165) is 13.1 Å². The fraction of sp³-hybridized carbons (Fsp3) is 0.600. The molecule has 0 saturated carbocycles. The zero-order valence-electron chi connectivity index (χ0n) is 12.4. The van der Waals surface area contributed by atoms with Gasteiger partial charge in [-0.3, -0.25) is 0 Å². The van der Waals surface area contributed by atoms with Gasteiger partial charge in [0, 0.05) is 41.8 Å². The van der Waals surface area contributed by atoms with Crippen molar-refractivity contribution in [3.63, 3.8) is 0 Å². The van der Waals surface area contributed by atoms with Gasteiger partial charge in [-0.2, -0.15) is 0 Å². The van der Waals surface area contributed by atoms with Crippen molar-refractivity contribution >= 4 is 17.4 Å². The fourth-order valence-electron chi connectivity index (χ4n) is 3.07. The standard InChI is InChI=1S/C15H25N3S/c1-11-9-18(10-14(11)17(2)3)13-6-5-7-15(19-4)12(13)8-16/h5-7,11,14H,8-10,16H2,1-4H3. The minimum absolute atomic E-state index is 0.615. The molecule has 106 valence electrons. The highest BCUT2D eigenvalue weighted by atomic mass is 32.2. The lowest BCUT2D eigenvalue weighted by Gasteiger charge is -2.25. The maximum atomic E-state index is 5.97. The minimum atomic E-state index is 0.615. The summed E-state index contributed by atoms with van der Waals surface area (Å²) < 4.78 is 0. The topological polar surface area (TPSA) is 32.5 Å². The van der Waals surface area contributed by atoms with Gasteiger partial charge in [-0.25, -0.2) is 0 Å². The Bertz CT molecular complexity index is 433. The summed E-state index contributed by atoms with van der Waals surface area (Å²) in [4.78, 5) is 6.14. The predicted molar refractivity (Wildman–Crippen MR) is 85.0 cm³/mol. The lowest BCUT2D eigenvalue weighted by Crippen LogP contribution is -2.34. The van der Waals surface area contributed by atoms with Gasteiger partial charge in [-0.1, -0.05) is 13.0 Å². The van der Waals surface area contributed by atoms with Crippen LogP contribution >= 0.6 is 11.8 Å². The van der Waals surface area contributed by atoms with Crippen molar-refractivity contribution in [1.82, 2.24) is 4.90 Å². The maximum Gasteiger partial charge on any atom is 0.0423 e. The molecule has 2 unspecified atom stereocenters. The molecular weight excluding hydrogens is 254 g/mol. The molecule has 19 heavy (non-hydrogen) atoms. The third-order valence-electron chi connectivity index (χ3n) is 4.11. The molecule has 0 radical (unpaired) electrons. The third-order valence-corrected chi connectivity index (χ3v) is 4.93. The van der Waals surface area contributed by atoms with Crippen molar-refractivity contribution in [3.8, 4) is 0 Å². The Kier molecular flexibility index (Phi) is 4.76. The zero-order chi connectivity index (χ0) is 14.0. The summed E-state index contributed by atoms with van der Waals surface area (Å²) in [6.07, 6.45) is 2.12. The molecule has 1 heterocycles. The minimum Gasteiger partial charge on any atom is -0.369 e. The molecule has 1 aliphatic heterocycles. The summed E-state index contributed by atoms with van der Waals surface area (Å²) >= 11 is 1.78. The first kappa shape index (κ1) is 14.7. The van der Waals surface area contributed by atoms with Gasteiger partial charge >= 0.3 is 0 Å². The molecule has 1 aromatic rings. The van der Waals surface area contributed by atoms with E-state index < -0.39 is 0 Å². The van der Waals surface area contributed by atoms with Crippen LogP contribution in [0.1, 0.15) is 12.5 Å². The van der Waals surface area contributed by atoms with Crippen LogP contribution < -0.4 is 10.6 Å². The van der Waals surface area contributed by atoms with Gasteiger partial charge in [-0.05, 0) is 38.4 Å². The Labute approximate surface area is 121 Å². The molecule has 1 aromatic carbocycles. The smallest absolute Gasteiger partial charge is 0.0423 e. The molecule has 0 aliphatic carbocycles. The van der Waals surface area contributed by atoms with E-state index in [1.54, 1.807) is 11.8 Å². The van der Waals surface area contributed by atoms with Crippen LogP contribution in [0.15, 0.2) is 23.1 Å². The Balaban J connectivity index is 2.28. The largest absolute Gasteiger partial charge is 0.369 e. The van der Waals surface area contributed by atoms with Crippen molar-refractivity contribution in [2.45, 2.75) is 24.4 Å². The van der Waals surface area contributed by atoms with Crippen LogP contribution in [-0.4, -0.2) is 44.4 Å². The molecule has 0 spiro atoms. The summed E-state index contributed by atoms with van der Waals surface area (Å²) in [6, 6.07) is 7.16. The van der Waals surface area contributed by atoms with Crippen LogP contribution in [0.5, 0.6) is 0 Å². The second-order valence-electron chi connectivity index (χ2n) is 5.58. The van der Waals surface area contributed by atoms with Gasteiger partial charge in [-0.15, -0.1) is 11.8 Å². The Morgan fingerprint density at radius 2 is 2.11 bits per heavy atom. The van der Waals surface area contributed by atoms with Crippen molar-refractivity contribution in [1.29, 1.82) is 0 Å². The van der Waals surface area contributed by atoms with E-state index in [0.29, 0.717) is 18.5 Å². The van der Waals surface area contributed by atoms with Gasteiger partial charge in [0.15, 0.2) is 0 Å². The van der Waals surface area contributed by atoms with Crippen molar-refractivity contribution in [3.05, 3.63) is 23.8 Å². The number of nitrogens with zero attached hydrogens (tertiary/aromatic N) is 2. The van der Waals surface area contributed by atoms with Crippen LogP contribution in [0.25, 0.3) is 0 Å². The van der Waals surface area contributed by atoms with Gasteiger partial charge in [0.05, 0.1) is 0 Å². The van der Waals surface area contributed by atoms with Gasteiger partial charge in [0.2, 0.25) is 0 Å². The highest BCUT2D eigenvalue weighted by Gasteiger charge is 2.32. The first-order chi connectivity index (χ1) is 9.08. The average molecular weight is 279 g/mol. The summed E-state index contributed by atoms with van der Waals surface area (Å²) in [5, 5.41) is 0. The number of nitrogens with two attached hydrogens (primary N) is 1. The van der Waals surface area contributed by atoms with E-state index >= 15 is 0 Å². The second-order valence-corrected chi connectivity index (χ2v) is 6.42.